The van der Waals surface area contributed by atoms with Crippen LogP contribution in [-0.2, 0) is 47.3 Å². The van der Waals surface area contributed by atoms with E-state index in [1.54, 1.807) is 7.05 Å². The smallest absolute Gasteiger partial charge is 0.443 e. The zero-order chi connectivity index (χ0) is 29.0. The number of halogens is 5. The average molecular weight is 596 g/mol. The third kappa shape index (κ3) is 5.40. The first-order valence-corrected chi connectivity index (χ1v) is 13.1. The van der Waals surface area contributed by atoms with E-state index < -0.39 is 61.4 Å². The van der Waals surface area contributed by atoms with Crippen LogP contribution in [0.4, 0.5) is 22.0 Å². The number of hydrogen-bond acceptors (Lipinski definition) is 6. The minimum absolute atomic E-state index is 0.146. The molecule has 18 heteroatoms. The van der Waals surface area contributed by atoms with Gasteiger partial charge in [0.1, 0.15) is 17.9 Å². The van der Waals surface area contributed by atoms with Gasteiger partial charge >= 0.3 is 14.0 Å². The van der Waals surface area contributed by atoms with Crippen LogP contribution in [0.1, 0.15) is 16.9 Å². The van der Waals surface area contributed by atoms with Crippen LogP contribution in [0.2, 0.25) is 0 Å². The van der Waals surface area contributed by atoms with Crippen LogP contribution in [0.25, 0.3) is 22.4 Å². The summed E-state index contributed by atoms with van der Waals surface area (Å²) in [6.07, 6.45) is -5.62. The van der Waals surface area contributed by atoms with Crippen molar-refractivity contribution in [3.8, 4) is 11.3 Å². The molecule has 0 saturated carbocycles. The summed E-state index contributed by atoms with van der Waals surface area (Å²) in [5, 5.41) is 1.24. The first-order valence-electron chi connectivity index (χ1n) is 10.7. The molecule has 3 heterocycles. The summed E-state index contributed by atoms with van der Waals surface area (Å²) in [5.74, 6) is -4.67. The lowest BCUT2D eigenvalue weighted by Gasteiger charge is -2.13. The largest absolute Gasteiger partial charge is 0.471 e. The number of alkyl halides is 3. The lowest BCUT2D eigenvalue weighted by Crippen LogP contribution is -2.21. The van der Waals surface area contributed by atoms with Crippen molar-refractivity contribution in [2.75, 3.05) is 0 Å². The minimum Gasteiger partial charge on any atom is -0.443 e. The van der Waals surface area contributed by atoms with Crippen LogP contribution in [0, 0.1) is 18.6 Å². The van der Waals surface area contributed by atoms with Crippen molar-refractivity contribution in [1.82, 2.24) is 13.9 Å². The lowest BCUT2D eigenvalue weighted by molar-refractivity contribution is -0.140. The molecule has 4 aromatic rings. The third-order valence-corrected chi connectivity index (χ3v) is 7.12. The first kappa shape index (κ1) is 28.6. The fourth-order valence-corrected chi connectivity index (χ4v) is 4.98. The Morgan fingerprint density at radius 1 is 1.18 bits per heavy atom. The van der Waals surface area contributed by atoms with E-state index in [0.717, 1.165) is 9.95 Å². The molecule has 1 aromatic carbocycles. The summed E-state index contributed by atoms with van der Waals surface area (Å²) in [6, 6.07) is 0.925. The van der Waals surface area contributed by atoms with E-state index in [-0.39, 0.29) is 32.9 Å². The minimum atomic E-state index is -5.18. The highest BCUT2D eigenvalue weighted by Crippen LogP contribution is 2.38. The van der Waals surface area contributed by atoms with E-state index >= 15 is 0 Å². The van der Waals surface area contributed by atoms with Gasteiger partial charge in [0, 0.05) is 30.6 Å². The topological polar surface area (TPSA) is 141 Å². The predicted octanol–water partition coefficient (Wildman–Crippen LogP) is 3.34. The molecule has 39 heavy (non-hydrogen) atoms. The standard InChI is InChI=1S/C21H18F5N4O7PS/c1-9-11(15-18(32)28(2)29(3)19(15)37-9)6-14(31)27-20-30(8-36-38(33,34)35)13(7-39-20)10-4-5-12(21(24,25)26)17(23)16(10)22/h4-5,7H,6,8H2,1-3H3,(H2,33,34,35). The second-order valence-corrected chi connectivity index (χ2v) is 10.3. The van der Waals surface area contributed by atoms with Crippen molar-refractivity contribution >= 4 is 36.2 Å². The van der Waals surface area contributed by atoms with E-state index in [4.69, 9.17) is 14.2 Å². The molecule has 3 aromatic heterocycles. The van der Waals surface area contributed by atoms with Crippen molar-refractivity contribution in [2.24, 2.45) is 19.1 Å². The number of thiazole rings is 1. The monoisotopic (exact) mass is 596 g/mol. The lowest BCUT2D eigenvalue weighted by atomic mass is 10.1. The fraction of sp³-hybridized carbons (Fsp3) is 0.286. The highest BCUT2D eigenvalue weighted by molar-refractivity contribution is 7.46. The molecule has 0 atom stereocenters. The SMILES string of the molecule is Cc1oc2c(c1CC(=O)N=c1scc(-c3ccc(C(F)(F)F)c(F)c3F)n1COP(=O)(O)O)c(=O)n(C)n2C. The van der Waals surface area contributed by atoms with E-state index in [0.29, 0.717) is 23.5 Å². The van der Waals surface area contributed by atoms with E-state index in [1.165, 1.54) is 23.3 Å². The Balaban J connectivity index is 1.80. The van der Waals surface area contributed by atoms with Gasteiger partial charge in [-0.1, -0.05) is 0 Å². The predicted molar refractivity (Wildman–Crippen MR) is 125 cm³/mol. The summed E-state index contributed by atoms with van der Waals surface area (Å²) in [6.45, 7) is 0.507. The molecule has 0 fully saturated rings. The number of furan rings is 1. The molecule has 4 rings (SSSR count). The van der Waals surface area contributed by atoms with Crippen LogP contribution < -0.4 is 10.4 Å². The Bertz CT molecular complexity index is 1790. The first-order chi connectivity index (χ1) is 18.0. The van der Waals surface area contributed by atoms with Crippen molar-refractivity contribution in [3.63, 3.8) is 0 Å². The maximum atomic E-state index is 14.7. The molecule has 0 unspecified atom stereocenters. The number of carbonyl (C=O) groups excluding carboxylic acids is 1. The van der Waals surface area contributed by atoms with E-state index in [9.17, 15) is 36.1 Å². The maximum Gasteiger partial charge on any atom is 0.471 e. The number of amides is 1. The summed E-state index contributed by atoms with van der Waals surface area (Å²) >= 11 is 0.642. The highest BCUT2D eigenvalue weighted by Gasteiger charge is 2.36. The van der Waals surface area contributed by atoms with Crippen LogP contribution in [-0.4, -0.2) is 29.6 Å². The second kappa shape index (κ2) is 9.98. The molecule has 0 spiro atoms. The summed E-state index contributed by atoms with van der Waals surface area (Å²) in [4.78, 5) is 47.2. The number of nitrogens with zero attached hydrogens (tertiary/aromatic N) is 4. The van der Waals surface area contributed by atoms with Gasteiger partial charge in [-0.05, 0) is 19.1 Å². The van der Waals surface area contributed by atoms with E-state index in [1.807, 2.05) is 0 Å². The van der Waals surface area contributed by atoms with Gasteiger partial charge in [0.15, 0.2) is 16.4 Å². The zero-order valence-corrected chi connectivity index (χ0v) is 21.8. The van der Waals surface area contributed by atoms with Gasteiger partial charge < -0.3 is 14.2 Å². The molecule has 1 amide bonds. The van der Waals surface area contributed by atoms with Crippen LogP contribution in [0.5, 0.6) is 0 Å². The Kier molecular flexibility index (Phi) is 7.33. The highest BCUT2D eigenvalue weighted by atomic mass is 32.1. The Hall–Kier alpha value is -3.37. The Morgan fingerprint density at radius 2 is 1.85 bits per heavy atom. The molecular formula is C21H18F5N4O7PS. The molecule has 0 radical (unpaired) electrons. The van der Waals surface area contributed by atoms with Crippen LogP contribution >= 0.6 is 19.2 Å². The van der Waals surface area contributed by atoms with Gasteiger partial charge in [-0.3, -0.25) is 28.0 Å². The number of carbonyl (C=O) groups is 1. The van der Waals surface area contributed by atoms with Gasteiger partial charge in [-0.15, -0.1) is 11.3 Å². The summed E-state index contributed by atoms with van der Waals surface area (Å²) in [7, 11) is -2.06. The maximum absolute atomic E-state index is 14.7. The molecule has 0 aliphatic heterocycles. The van der Waals surface area contributed by atoms with Gasteiger partial charge in [0.2, 0.25) is 5.71 Å². The molecule has 0 aliphatic rings. The van der Waals surface area contributed by atoms with Gasteiger partial charge in [0.25, 0.3) is 11.5 Å². The number of phosphoric ester groups is 1. The molecule has 2 N–H and O–H groups in total. The average Bonchev–Trinajstić information content (AvgIpc) is 3.42. The van der Waals surface area contributed by atoms with Gasteiger partial charge in [0.05, 0.1) is 17.7 Å². The molecule has 0 bridgehead atoms. The fourth-order valence-electron chi connectivity index (χ4n) is 3.81. The molecule has 11 nitrogen and oxygen atoms in total. The third-order valence-electron chi connectivity index (χ3n) is 5.81. The van der Waals surface area contributed by atoms with Gasteiger partial charge in [-0.25, -0.2) is 13.3 Å². The van der Waals surface area contributed by atoms with Crippen molar-refractivity contribution in [1.29, 1.82) is 0 Å². The number of benzene rings is 1. The van der Waals surface area contributed by atoms with Gasteiger partial charge in [-0.2, -0.15) is 18.2 Å². The number of phosphoric acid groups is 1. The molecule has 0 saturated heterocycles. The van der Waals surface area contributed by atoms with E-state index in [2.05, 4.69) is 9.52 Å². The van der Waals surface area contributed by atoms with Crippen LogP contribution in [0.15, 0.2) is 31.7 Å². The number of hydrogen-bond donors (Lipinski definition) is 2. The van der Waals surface area contributed by atoms with Crippen molar-refractivity contribution in [3.05, 3.63) is 61.2 Å². The number of aromatic nitrogens is 3. The summed E-state index contributed by atoms with van der Waals surface area (Å²) < 4.78 is 92.6. The molecule has 0 aliphatic carbocycles. The number of rotatable bonds is 6. The second-order valence-electron chi connectivity index (χ2n) is 8.22. The normalized spacial score (nSPS) is 13.1. The van der Waals surface area contributed by atoms with Crippen LogP contribution in [0.3, 0.4) is 0 Å². The van der Waals surface area contributed by atoms with Crippen molar-refractivity contribution < 1.29 is 50.0 Å². The van der Waals surface area contributed by atoms with Crippen molar-refractivity contribution in [2.45, 2.75) is 26.3 Å². The number of fused-ring (bicyclic) bond motifs is 1. The number of aryl methyl sites for hydroxylation is 2. The summed E-state index contributed by atoms with van der Waals surface area (Å²) in [5.41, 5.74) is -2.91. The Morgan fingerprint density at radius 3 is 2.46 bits per heavy atom. The zero-order valence-electron chi connectivity index (χ0n) is 20.1. The molecular weight excluding hydrogens is 578 g/mol. The quantitative estimate of drug-likeness (QED) is 0.257. The Labute approximate surface area is 218 Å². The molecule has 210 valence electrons.